The highest BCUT2D eigenvalue weighted by Gasteiger charge is 2.38. The number of piperidine rings is 1. The van der Waals surface area contributed by atoms with E-state index in [9.17, 15) is 0 Å². The zero-order valence-electron chi connectivity index (χ0n) is 24.2. The molecule has 0 bridgehead atoms. The number of nitrogen functional groups attached to an aromatic ring is 2. The molecule has 1 saturated carbocycles. The van der Waals surface area contributed by atoms with Crippen molar-refractivity contribution in [3.8, 4) is 11.5 Å². The molecule has 0 amide bonds. The van der Waals surface area contributed by atoms with Gasteiger partial charge in [0, 0.05) is 24.7 Å². The number of anilines is 2. The number of nitrogens with zero attached hydrogens (tertiary/aromatic N) is 4. The maximum atomic E-state index is 8.26. The summed E-state index contributed by atoms with van der Waals surface area (Å²) in [4.78, 5) is 13.1. The van der Waals surface area contributed by atoms with Gasteiger partial charge in [-0.3, -0.25) is 10.3 Å². The van der Waals surface area contributed by atoms with Gasteiger partial charge in [-0.25, -0.2) is 9.97 Å². The van der Waals surface area contributed by atoms with Crippen LogP contribution in [0.3, 0.4) is 0 Å². The molecule has 8 heteroatoms. The Labute approximate surface area is 239 Å². The third kappa shape index (κ3) is 7.37. The van der Waals surface area contributed by atoms with Crippen molar-refractivity contribution in [1.29, 1.82) is 5.41 Å². The van der Waals surface area contributed by atoms with Gasteiger partial charge in [-0.15, -0.1) is 0 Å². The second-order valence-corrected chi connectivity index (χ2v) is 10.8. The maximum Gasteiger partial charge on any atom is 0.138 e. The molecule has 0 radical (unpaired) electrons. The zero-order chi connectivity index (χ0) is 28.5. The van der Waals surface area contributed by atoms with Gasteiger partial charge >= 0.3 is 0 Å². The third-order valence-corrected chi connectivity index (χ3v) is 8.24. The molecule has 3 heterocycles. The van der Waals surface area contributed by atoms with Crippen molar-refractivity contribution in [2.45, 2.75) is 52.0 Å². The minimum Gasteiger partial charge on any atom is -0.457 e. The number of nitrogens with two attached hydrogens (primary N) is 2. The molecule has 0 spiro atoms. The maximum absolute atomic E-state index is 8.26. The van der Waals surface area contributed by atoms with Crippen LogP contribution >= 0.6 is 0 Å². The number of para-hydroxylation sites is 1. The van der Waals surface area contributed by atoms with Crippen molar-refractivity contribution >= 4 is 17.3 Å². The minimum atomic E-state index is 0.173. The monoisotopic (exact) mass is 543 g/mol. The summed E-state index contributed by atoms with van der Waals surface area (Å²) in [6.45, 7) is 9.49. The molecule has 1 aromatic heterocycles. The molecule has 1 aliphatic carbocycles. The topological polar surface area (TPSA) is 117 Å². The van der Waals surface area contributed by atoms with E-state index in [1.807, 2.05) is 44.2 Å². The molecular weight excluding hydrogens is 498 g/mol. The number of ether oxygens (including phenoxy) is 1. The van der Waals surface area contributed by atoms with Gasteiger partial charge in [0.05, 0.1) is 11.3 Å². The van der Waals surface area contributed by atoms with Crippen LogP contribution in [0.25, 0.3) is 0 Å². The van der Waals surface area contributed by atoms with E-state index in [2.05, 4.69) is 26.8 Å². The molecule has 2 unspecified atom stereocenters. The van der Waals surface area contributed by atoms with Crippen molar-refractivity contribution in [3.63, 3.8) is 0 Å². The molecule has 2 atom stereocenters. The SMILES string of the molecule is CC.CN1CCC(N2CC3CCCC3C2)CC1.N=C(c1ccc(Oc2ccccc2)cc1)c1c(N)ncnc1N. The van der Waals surface area contributed by atoms with Crippen LogP contribution in [0.2, 0.25) is 0 Å². The van der Waals surface area contributed by atoms with E-state index >= 15 is 0 Å². The van der Waals surface area contributed by atoms with Crippen molar-refractivity contribution in [3.05, 3.63) is 72.1 Å². The lowest BCUT2D eigenvalue weighted by atomic mass is 10.0. The van der Waals surface area contributed by atoms with Crippen LogP contribution in [0.4, 0.5) is 11.6 Å². The molecule has 8 nitrogen and oxygen atoms in total. The molecule has 2 aromatic carbocycles. The van der Waals surface area contributed by atoms with E-state index in [4.69, 9.17) is 21.6 Å². The zero-order valence-corrected chi connectivity index (χ0v) is 24.2. The van der Waals surface area contributed by atoms with E-state index in [-0.39, 0.29) is 17.3 Å². The van der Waals surface area contributed by atoms with Crippen LogP contribution in [0.15, 0.2) is 60.9 Å². The Morgan fingerprint density at radius 2 is 1.38 bits per heavy atom. The Kier molecular flexibility index (Phi) is 10.5. The second-order valence-electron chi connectivity index (χ2n) is 10.8. The fraction of sp³-hybridized carbons (Fsp3) is 0.469. The van der Waals surface area contributed by atoms with Gasteiger partial charge in [-0.1, -0.05) is 38.5 Å². The van der Waals surface area contributed by atoms with Gasteiger partial charge in [0.1, 0.15) is 29.5 Å². The Bertz CT molecular complexity index is 1180. The molecule has 3 aliphatic rings. The summed E-state index contributed by atoms with van der Waals surface area (Å²) in [5, 5.41) is 8.26. The van der Waals surface area contributed by atoms with Crippen molar-refractivity contribution in [2.75, 3.05) is 44.7 Å². The number of rotatable bonds is 5. The lowest BCUT2D eigenvalue weighted by molar-refractivity contribution is 0.136. The summed E-state index contributed by atoms with van der Waals surface area (Å²) in [5.41, 5.74) is 12.8. The van der Waals surface area contributed by atoms with Crippen molar-refractivity contribution < 1.29 is 4.74 Å². The second kappa shape index (κ2) is 14.2. The van der Waals surface area contributed by atoms with Crippen LogP contribution in [0.1, 0.15) is 57.1 Å². The third-order valence-electron chi connectivity index (χ3n) is 8.24. The first-order valence-electron chi connectivity index (χ1n) is 14.7. The predicted octanol–water partition coefficient (Wildman–Crippen LogP) is 5.69. The highest BCUT2D eigenvalue weighted by molar-refractivity contribution is 6.15. The molecule has 40 heavy (non-hydrogen) atoms. The smallest absolute Gasteiger partial charge is 0.138 e. The molecule has 3 aromatic rings. The molecule has 214 valence electrons. The van der Waals surface area contributed by atoms with E-state index in [0.717, 1.165) is 23.6 Å². The molecular formula is C32H45N7O. The van der Waals surface area contributed by atoms with E-state index < -0.39 is 0 Å². The number of fused-ring (bicyclic) bond motifs is 1. The van der Waals surface area contributed by atoms with Crippen LogP contribution in [-0.4, -0.2) is 64.7 Å². The summed E-state index contributed by atoms with van der Waals surface area (Å²) in [6, 6.07) is 17.5. The average molecular weight is 544 g/mol. The number of benzene rings is 2. The van der Waals surface area contributed by atoms with E-state index in [0.29, 0.717) is 16.9 Å². The molecule has 2 aliphatic heterocycles. The van der Waals surface area contributed by atoms with Gasteiger partial charge in [-0.05, 0) is 94.1 Å². The fourth-order valence-electron chi connectivity index (χ4n) is 6.06. The normalized spacial score (nSPS) is 21.0. The lowest BCUT2D eigenvalue weighted by Gasteiger charge is -2.35. The van der Waals surface area contributed by atoms with Crippen LogP contribution in [0, 0.1) is 17.2 Å². The highest BCUT2D eigenvalue weighted by Crippen LogP contribution is 2.39. The van der Waals surface area contributed by atoms with E-state index in [1.54, 1.807) is 24.3 Å². The van der Waals surface area contributed by atoms with Gasteiger partial charge in [0.25, 0.3) is 0 Å². The molecule has 3 fully saturated rings. The van der Waals surface area contributed by atoms with Gasteiger partial charge in [-0.2, -0.15) is 0 Å². The van der Waals surface area contributed by atoms with Crippen molar-refractivity contribution in [1.82, 2.24) is 19.8 Å². The van der Waals surface area contributed by atoms with Crippen molar-refractivity contribution in [2.24, 2.45) is 11.8 Å². The summed E-state index contributed by atoms with van der Waals surface area (Å²) < 4.78 is 5.72. The summed E-state index contributed by atoms with van der Waals surface area (Å²) in [5.74, 6) is 3.95. The number of hydrogen-bond donors (Lipinski definition) is 3. The van der Waals surface area contributed by atoms with Gasteiger partial charge in [0.15, 0.2) is 0 Å². The average Bonchev–Trinajstić information content (AvgIpc) is 3.59. The highest BCUT2D eigenvalue weighted by atomic mass is 16.5. The Hall–Kier alpha value is -3.49. The summed E-state index contributed by atoms with van der Waals surface area (Å²) >= 11 is 0. The van der Waals surface area contributed by atoms with Crippen LogP contribution in [-0.2, 0) is 0 Å². The number of nitrogens with one attached hydrogen (secondary N) is 1. The molecule has 5 N–H and O–H groups in total. The number of likely N-dealkylation sites (tertiary alicyclic amines) is 2. The van der Waals surface area contributed by atoms with Crippen LogP contribution in [0.5, 0.6) is 11.5 Å². The quantitative estimate of drug-likeness (QED) is 0.354. The number of aromatic nitrogens is 2. The lowest BCUT2D eigenvalue weighted by Crippen LogP contribution is -2.43. The minimum absolute atomic E-state index is 0.173. The molecule has 2 saturated heterocycles. The first-order valence-corrected chi connectivity index (χ1v) is 14.7. The predicted molar refractivity (Wildman–Crippen MR) is 164 cm³/mol. The standard InChI is InChI=1S/C17H15N5O.C13H24N2.C2H6/c18-15(14-16(19)21-10-22-17(14)20)11-6-8-13(9-7-11)23-12-4-2-1-3-5-12;1-14-7-5-13(6-8-14)15-9-11-3-2-4-12(11)10-15;1-2/h1-10,18H,(H4,19,20,21,22);11-13H,2-10H2,1H3;1-2H3. The largest absolute Gasteiger partial charge is 0.457 e. The summed E-state index contributed by atoms with van der Waals surface area (Å²) in [7, 11) is 2.26. The fourth-order valence-corrected chi connectivity index (χ4v) is 6.06. The van der Waals surface area contributed by atoms with Crippen LogP contribution < -0.4 is 16.2 Å². The Morgan fingerprint density at radius 1 is 0.825 bits per heavy atom. The summed E-state index contributed by atoms with van der Waals surface area (Å²) in [6.07, 6.45) is 8.66. The Morgan fingerprint density at radius 3 is 1.95 bits per heavy atom. The number of hydrogen-bond acceptors (Lipinski definition) is 8. The first-order chi connectivity index (χ1) is 19.5. The Balaban J connectivity index is 0.000000187. The first kappa shape index (κ1) is 29.5. The van der Waals surface area contributed by atoms with Gasteiger partial charge in [0.2, 0.25) is 0 Å². The molecule has 6 rings (SSSR count). The van der Waals surface area contributed by atoms with Gasteiger partial charge < -0.3 is 21.1 Å². The van der Waals surface area contributed by atoms with E-state index in [1.165, 1.54) is 64.6 Å².